The van der Waals surface area contributed by atoms with E-state index in [9.17, 15) is 0 Å². The number of nitrogens with two attached hydrogens (primary N) is 1. The first-order chi connectivity index (χ1) is 7.29. The summed E-state index contributed by atoms with van der Waals surface area (Å²) in [6, 6.07) is 9.46. The third-order valence-electron chi connectivity index (χ3n) is 3.55. The van der Waals surface area contributed by atoms with E-state index in [-0.39, 0.29) is 0 Å². The maximum atomic E-state index is 6.03. The molecular weight excluding hydrogens is 182 g/mol. The normalized spacial score (nSPS) is 26.5. The van der Waals surface area contributed by atoms with Crippen molar-refractivity contribution in [1.29, 1.82) is 0 Å². The van der Waals surface area contributed by atoms with Crippen LogP contribution in [-0.2, 0) is 6.42 Å². The van der Waals surface area contributed by atoms with Gasteiger partial charge in [0.2, 0.25) is 0 Å². The summed E-state index contributed by atoms with van der Waals surface area (Å²) in [5.74, 6) is 0.709. The smallest absolute Gasteiger partial charge is 0.00446 e. The van der Waals surface area contributed by atoms with Gasteiger partial charge >= 0.3 is 0 Å². The largest absolute Gasteiger partial charge is 0.328 e. The number of hydrogen-bond acceptors (Lipinski definition) is 1. The fraction of sp³-hybridized carbons (Fsp3) is 0.571. The third-order valence-corrected chi connectivity index (χ3v) is 3.55. The molecule has 2 rings (SSSR count). The van der Waals surface area contributed by atoms with Crippen LogP contribution in [0.3, 0.4) is 0 Å². The average Bonchev–Trinajstić information content (AvgIpc) is 2.29. The summed E-state index contributed by atoms with van der Waals surface area (Å²) >= 11 is 0. The summed E-state index contributed by atoms with van der Waals surface area (Å²) in [7, 11) is 0. The van der Waals surface area contributed by atoms with Gasteiger partial charge in [0.1, 0.15) is 0 Å². The highest BCUT2D eigenvalue weighted by Crippen LogP contribution is 2.32. The van der Waals surface area contributed by atoms with E-state index in [2.05, 4.69) is 31.2 Å². The quantitative estimate of drug-likeness (QED) is 0.784. The zero-order chi connectivity index (χ0) is 10.7. The lowest BCUT2D eigenvalue weighted by molar-refractivity contribution is 0.393. The van der Waals surface area contributed by atoms with Gasteiger partial charge in [0, 0.05) is 6.04 Å². The summed E-state index contributed by atoms with van der Waals surface area (Å²) < 4.78 is 0. The van der Waals surface area contributed by atoms with Crippen molar-refractivity contribution in [2.45, 2.75) is 51.0 Å². The molecule has 1 heteroatoms. The molecule has 0 heterocycles. The van der Waals surface area contributed by atoms with Crippen molar-refractivity contribution in [3.63, 3.8) is 0 Å². The topological polar surface area (TPSA) is 26.0 Å². The Balaban J connectivity index is 2.13. The van der Waals surface area contributed by atoms with Crippen molar-refractivity contribution < 1.29 is 0 Å². The van der Waals surface area contributed by atoms with E-state index in [1.807, 2.05) is 0 Å². The maximum absolute atomic E-state index is 6.03. The van der Waals surface area contributed by atoms with Crippen LogP contribution in [0.2, 0.25) is 0 Å². The minimum absolute atomic E-state index is 0.425. The molecule has 0 amide bonds. The van der Waals surface area contributed by atoms with E-state index in [0.717, 1.165) is 6.42 Å². The fourth-order valence-electron chi connectivity index (χ4n) is 2.60. The molecule has 82 valence electrons. The Kier molecular flexibility index (Phi) is 3.42. The molecular formula is C14H21N. The molecule has 2 unspecified atom stereocenters. The predicted octanol–water partition coefficient (Wildman–Crippen LogP) is 3.23. The maximum Gasteiger partial charge on any atom is 0.00446 e. The Hall–Kier alpha value is -0.820. The lowest BCUT2D eigenvalue weighted by Crippen LogP contribution is -2.26. The molecule has 1 aromatic carbocycles. The van der Waals surface area contributed by atoms with Crippen molar-refractivity contribution in [2.24, 2.45) is 5.73 Å². The van der Waals surface area contributed by atoms with Gasteiger partial charge in [0.15, 0.2) is 0 Å². The van der Waals surface area contributed by atoms with Crippen LogP contribution in [0.4, 0.5) is 0 Å². The van der Waals surface area contributed by atoms with E-state index in [0.29, 0.717) is 12.0 Å². The first kappa shape index (κ1) is 10.7. The summed E-state index contributed by atoms with van der Waals surface area (Å²) in [5.41, 5.74) is 8.99. The molecule has 15 heavy (non-hydrogen) atoms. The number of rotatable bonds is 2. The molecule has 2 atom stereocenters. The Morgan fingerprint density at radius 1 is 1.33 bits per heavy atom. The van der Waals surface area contributed by atoms with Gasteiger partial charge in [-0.3, -0.25) is 0 Å². The van der Waals surface area contributed by atoms with Crippen molar-refractivity contribution in [3.05, 3.63) is 35.4 Å². The first-order valence-corrected chi connectivity index (χ1v) is 6.14. The second-order valence-corrected chi connectivity index (χ2v) is 4.72. The number of hydrogen-bond donors (Lipinski definition) is 1. The molecule has 0 spiro atoms. The Morgan fingerprint density at radius 3 is 2.93 bits per heavy atom. The lowest BCUT2D eigenvalue weighted by Gasteiger charge is -2.27. The van der Waals surface area contributed by atoms with E-state index in [1.54, 1.807) is 0 Å². The second kappa shape index (κ2) is 4.80. The van der Waals surface area contributed by atoms with Crippen LogP contribution in [-0.4, -0.2) is 6.04 Å². The zero-order valence-electron chi connectivity index (χ0n) is 9.58. The molecule has 0 aromatic heterocycles. The van der Waals surface area contributed by atoms with Gasteiger partial charge in [-0.05, 0) is 42.7 Å². The van der Waals surface area contributed by atoms with E-state index in [4.69, 9.17) is 5.73 Å². The van der Waals surface area contributed by atoms with Crippen molar-refractivity contribution in [2.75, 3.05) is 0 Å². The monoisotopic (exact) mass is 203 g/mol. The van der Waals surface area contributed by atoms with Crippen LogP contribution < -0.4 is 5.73 Å². The third kappa shape index (κ3) is 2.60. The van der Waals surface area contributed by atoms with Crippen LogP contribution >= 0.6 is 0 Å². The van der Waals surface area contributed by atoms with Gasteiger partial charge in [0.25, 0.3) is 0 Å². The number of benzene rings is 1. The van der Waals surface area contributed by atoms with Crippen molar-refractivity contribution in [3.8, 4) is 0 Å². The highest BCUT2D eigenvalue weighted by Gasteiger charge is 2.20. The first-order valence-electron chi connectivity index (χ1n) is 6.14. The van der Waals surface area contributed by atoms with Crippen LogP contribution in [0.25, 0.3) is 0 Å². The highest BCUT2D eigenvalue weighted by molar-refractivity contribution is 5.27. The van der Waals surface area contributed by atoms with E-state index in [1.165, 1.54) is 36.8 Å². The van der Waals surface area contributed by atoms with Crippen LogP contribution in [0, 0.1) is 0 Å². The molecule has 1 saturated carbocycles. The molecule has 1 aliphatic carbocycles. The second-order valence-electron chi connectivity index (χ2n) is 4.72. The van der Waals surface area contributed by atoms with Crippen LogP contribution in [0.15, 0.2) is 24.3 Å². The molecule has 2 N–H and O–H groups in total. The Labute approximate surface area is 92.7 Å². The minimum Gasteiger partial charge on any atom is -0.328 e. The van der Waals surface area contributed by atoms with Crippen LogP contribution in [0.1, 0.15) is 49.7 Å². The van der Waals surface area contributed by atoms with Crippen molar-refractivity contribution >= 4 is 0 Å². The standard InChI is InChI=1S/C14H21N/c1-2-11-5-3-6-12(9-11)13-7-4-8-14(15)10-13/h3,5-6,9,13-14H,2,4,7-8,10,15H2,1H3. The molecule has 0 aliphatic heterocycles. The summed E-state index contributed by atoms with van der Waals surface area (Å²) in [6.45, 7) is 2.21. The lowest BCUT2D eigenvalue weighted by atomic mass is 9.81. The molecule has 1 nitrogen and oxygen atoms in total. The van der Waals surface area contributed by atoms with Gasteiger partial charge in [-0.2, -0.15) is 0 Å². The van der Waals surface area contributed by atoms with Gasteiger partial charge in [-0.1, -0.05) is 37.6 Å². The van der Waals surface area contributed by atoms with Gasteiger partial charge in [-0.15, -0.1) is 0 Å². The summed E-state index contributed by atoms with van der Waals surface area (Å²) in [5, 5.41) is 0. The minimum atomic E-state index is 0.425. The highest BCUT2D eigenvalue weighted by atomic mass is 14.6. The number of aryl methyl sites for hydroxylation is 1. The molecule has 0 radical (unpaired) electrons. The Morgan fingerprint density at radius 2 is 2.20 bits per heavy atom. The van der Waals surface area contributed by atoms with Gasteiger partial charge in [-0.25, -0.2) is 0 Å². The average molecular weight is 203 g/mol. The van der Waals surface area contributed by atoms with Crippen LogP contribution in [0.5, 0.6) is 0 Å². The zero-order valence-corrected chi connectivity index (χ0v) is 9.58. The Bertz CT molecular complexity index is 319. The summed E-state index contributed by atoms with van der Waals surface area (Å²) in [4.78, 5) is 0. The SMILES string of the molecule is CCc1cccc(C2CCCC(N)C2)c1. The molecule has 1 fully saturated rings. The van der Waals surface area contributed by atoms with E-state index < -0.39 is 0 Å². The molecule has 1 aliphatic rings. The fourth-order valence-corrected chi connectivity index (χ4v) is 2.60. The van der Waals surface area contributed by atoms with Gasteiger partial charge in [0.05, 0.1) is 0 Å². The predicted molar refractivity (Wildman–Crippen MR) is 65.0 cm³/mol. The molecule has 0 bridgehead atoms. The van der Waals surface area contributed by atoms with Crippen molar-refractivity contribution in [1.82, 2.24) is 0 Å². The summed E-state index contributed by atoms with van der Waals surface area (Å²) in [6.07, 6.45) is 6.13. The molecule has 1 aromatic rings. The van der Waals surface area contributed by atoms with Gasteiger partial charge < -0.3 is 5.73 Å². The molecule has 0 saturated heterocycles. The van der Waals surface area contributed by atoms with E-state index >= 15 is 0 Å².